The molecule has 0 saturated carbocycles. The van der Waals surface area contributed by atoms with E-state index >= 15 is 0 Å². The molecule has 0 aliphatic heterocycles. The second-order valence-electron chi connectivity index (χ2n) is 3.23. The molecule has 4 nitrogen and oxygen atoms in total. The molecule has 7 heteroatoms. The van der Waals surface area contributed by atoms with Crippen molar-refractivity contribution >= 4 is 52.7 Å². The number of carbonyl (C=O) groups is 1. The average Bonchev–Trinajstić information content (AvgIpc) is 2.33. The number of nitrogens with one attached hydrogen (secondary N) is 1. The fraction of sp³-hybridized carbons (Fsp3) is 0.273. The van der Waals surface area contributed by atoms with Crippen LogP contribution in [0.3, 0.4) is 0 Å². The minimum atomic E-state index is -1.66. The smallest absolute Gasteiger partial charge is 0.340 e. The van der Waals surface area contributed by atoms with Crippen molar-refractivity contribution in [3.63, 3.8) is 0 Å². The van der Waals surface area contributed by atoms with Gasteiger partial charge in [-0.15, -0.1) is 0 Å². The fourth-order valence-corrected chi connectivity index (χ4v) is 1.34. The summed E-state index contributed by atoms with van der Waals surface area (Å²) in [7, 11) is 0. The van der Waals surface area contributed by atoms with Crippen LogP contribution >= 0.6 is 34.8 Å². The summed E-state index contributed by atoms with van der Waals surface area (Å²) >= 11 is 16.4. The molecule has 1 aromatic carbocycles. The van der Waals surface area contributed by atoms with E-state index in [0.717, 1.165) is 0 Å². The van der Waals surface area contributed by atoms with E-state index in [0.29, 0.717) is 5.69 Å². The molecule has 0 amide bonds. The lowest BCUT2D eigenvalue weighted by atomic mass is 10.2. The number of esters is 1. The highest BCUT2D eigenvalue weighted by molar-refractivity contribution is 6.67. The summed E-state index contributed by atoms with van der Waals surface area (Å²) in [6.45, 7) is -0.389. The number of ether oxygens (including phenoxy) is 1. The number of benzene rings is 1. The maximum atomic E-state index is 11.7. The van der Waals surface area contributed by atoms with Crippen LogP contribution in [-0.2, 0) is 9.53 Å². The topological polar surface area (TPSA) is 55.4 Å². The van der Waals surface area contributed by atoms with Gasteiger partial charge < -0.3 is 10.1 Å². The number of anilines is 1. The lowest BCUT2D eigenvalue weighted by Crippen LogP contribution is -2.18. The Balaban J connectivity index is 2.75. The standard InChI is InChI=1S/C11H9Cl3NO3/c12-11(13,14)7-18-10(17)8-3-1-2-4-9(8)15-5-6-16/h1-4,15H,5,7H2. The lowest BCUT2D eigenvalue weighted by Gasteiger charge is -2.13. The Morgan fingerprint density at radius 3 is 2.61 bits per heavy atom. The largest absolute Gasteiger partial charge is 0.457 e. The van der Waals surface area contributed by atoms with Crippen molar-refractivity contribution in [2.75, 3.05) is 18.5 Å². The van der Waals surface area contributed by atoms with Crippen molar-refractivity contribution < 1.29 is 14.3 Å². The molecule has 0 fully saturated rings. The summed E-state index contributed by atoms with van der Waals surface area (Å²) in [6.07, 6.45) is 1.66. The number of halogens is 3. The molecule has 0 aromatic heterocycles. The van der Waals surface area contributed by atoms with E-state index in [1.807, 2.05) is 0 Å². The van der Waals surface area contributed by atoms with E-state index in [-0.39, 0.29) is 18.7 Å². The number of hydrogen-bond donors (Lipinski definition) is 1. The molecule has 97 valence electrons. The van der Waals surface area contributed by atoms with Crippen LogP contribution in [0, 0.1) is 0 Å². The summed E-state index contributed by atoms with van der Waals surface area (Å²) in [5, 5.41) is 2.72. The van der Waals surface area contributed by atoms with Crippen LogP contribution in [-0.4, -0.2) is 29.2 Å². The molecule has 0 aliphatic rings. The van der Waals surface area contributed by atoms with Crippen LogP contribution in [0.2, 0.25) is 0 Å². The van der Waals surface area contributed by atoms with Crippen LogP contribution in [0.25, 0.3) is 0 Å². The van der Waals surface area contributed by atoms with Crippen LogP contribution in [0.15, 0.2) is 24.3 Å². The number of hydrogen-bond acceptors (Lipinski definition) is 4. The summed E-state index contributed by atoms with van der Waals surface area (Å²) in [4.78, 5) is 21.9. The number of alkyl halides is 3. The first-order valence-electron chi connectivity index (χ1n) is 4.86. The van der Waals surface area contributed by atoms with Gasteiger partial charge >= 0.3 is 5.97 Å². The fourth-order valence-electron chi connectivity index (χ4n) is 1.17. The van der Waals surface area contributed by atoms with Gasteiger partial charge in [0.25, 0.3) is 0 Å². The van der Waals surface area contributed by atoms with Gasteiger partial charge in [0, 0.05) is 5.69 Å². The summed E-state index contributed by atoms with van der Waals surface area (Å²) in [5.74, 6) is -0.643. The third-order valence-electron chi connectivity index (χ3n) is 1.86. The highest BCUT2D eigenvalue weighted by Gasteiger charge is 2.23. The Labute approximate surface area is 119 Å². The minimum absolute atomic E-state index is 0.0330. The second-order valence-corrected chi connectivity index (χ2v) is 5.75. The van der Waals surface area contributed by atoms with Crippen molar-refractivity contribution in [2.24, 2.45) is 0 Å². The van der Waals surface area contributed by atoms with Crippen molar-refractivity contribution in [3.05, 3.63) is 29.8 Å². The average molecular weight is 310 g/mol. The molecule has 1 aromatic rings. The quantitative estimate of drug-likeness (QED) is 0.671. The highest BCUT2D eigenvalue weighted by Crippen LogP contribution is 2.26. The van der Waals surface area contributed by atoms with Crippen LogP contribution in [0.1, 0.15) is 10.4 Å². The van der Waals surface area contributed by atoms with Gasteiger partial charge in [0.05, 0.1) is 12.1 Å². The molecule has 1 N–H and O–H groups in total. The zero-order valence-electron chi connectivity index (χ0n) is 9.08. The maximum Gasteiger partial charge on any atom is 0.340 e. The second kappa shape index (κ2) is 6.83. The maximum absolute atomic E-state index is 11.7. The van der Waals surface area contributed by atoms with E-state index in [1.54, 1.807) is 24.5 Å². The van der Waals surface area contributed by atoms with Crippen LogP contribution in [0.5, 0.6) is 0 Å². The third kappa shape index (κ3) is 5.12. The Morgan fingerprint density at radius 2 is 2.00 bits per heavy atom. The van der Waals surface area contributed by atoms with Crippen molar-refractivity contribution in [3.8, 4) is 0 Å². The zero-order valence-corrected chi connectivity index (χ0v) is 11.4. The van der Waals surface area contributed by atoms with Crippen LogP contribution in [0.4, 0.5) is 5.69 Å². The third-order valence-corrected chi connectivity index (χ3v) is 2.19. The summed E-state index contributed by atoms with van der Waals surface area (Å²) in [6, 6.07) is 6.53. The Morgan fingerprint density at radius 1 is 1.33 bits per heavy atom. The minimum Gasteiger partial charge on any atom is -0.457 e. The van der Waals surface area contributed by atoms with E-state index in [4.69, 9.17) is 39.5 Å². The van der Waals surface area contributed by atoms with Crippen molar-refractivity contribution in [2.45, 2.75) is 3.79 Å². The van der Waals surface area contributed by atoms with Crippen LogP contribution < -0.4 is 5.32 Å². The van der Waals surface area contributed by atoms with E-state index in [2.05, 4.69) is 5.32 Å². The Hall–Kier alpha value is -0.970. The van der Waals surface area contributed by atoms with Gasteiger partial charge in [0.2, 0.25) is 10.1 Å². The normalized spacial score (nSPS) is 10.8. The van der Waals surface area contributed by atoms with Crippen molar-refractivity contribution in [1.82, 2.24) is 0 Å². The molecule has 1 rings (SSSR count). The molecule has 0 heterocycles. The Bertz CT molecular complexity index is 432. The number of carbonyl (C=O) groups excluding carboxylic acids is 2. The molecular weight excluding hydrogens is 300 g/mol. The lowest BCUT2D eigenvalue weighted by molar-refractivity contribution is 0.0513. The molecule has 0 saturated heterocycles. The Kier molecular flexibility index (Phi) is 5.72. The molecule has 18 heavy (non-hydrogen) atoms. The van der Waals surface area contributed by atoms with E-state index in [1.165, 1.54) is 6.07 Å². The predicted octanol–water partition coefficient (Wildman–Crippen LogP) is 2.74. The molecular formula is C11H9Cl3NO3. The van der Waals surface area contributed by atoms with E-state index in [9.17, 15) is 9.59 Å². The van der Waals surface area contributed by atoms with Gasteiger partial charge in [-0.05, 0) is 12.1 Å². The highest BCUT2D eigenvalue weighted by atomic mass is 35.6. The van der Waals surface area contributed by atoms with E-state index < -0.39 is 9.76 Å². The first-order chi connectivity index (χ1) is 8.44. The van der Waals surface area contributed by atoms with Gasteiger partial charge in [0.1, 0.15) is 6.61 Å². The number of rotatable bonds is 5. The number of para-hydroxylation sites is 1. The van der Waals surface area contributed by atoms with Gasteiger partial charge in [-0.2, -0.15) is 0 Å². The molecule has 0 atom stereocenters. The SMILES string of the molecule is O=[C]CNc1ccccc1C(=O)OCC(Cl)(Cl)Cl. The predicted molar refractivity (Wildman–Crippen MR) is 71.2 cm³/mol. The molecule has 1 radical (unpaired) electrons. The monoisotopic (exact) mass is 308 g/mol. The van der Waals surface area contributed by atoms with Crippen molar-refractivity contribution in [1.29, 1.82) is 0 Å². The first-order valence-corrected chi connectivity index (χ1v) is 5.99. The molecule has 0 spiro atoms. The van der Waals surface area contributed by atoms with Gasteiger partial charge in [-0.25, -0.2) is 4.79 Å². The summed E-state index contributed by atoms with van der Waals surface area (Å²) < 4.78 is 3.18. The van der Waals surface area contributed by atoms with Gasteiger partial charge in [0.15, 0.2) is 0 Å². The summed E-state index contributed by atoms with van der Waals surface area (Å²) in [5.41, 5.74) is 0.706. The zero-order chi connectivity index (χ0) is 13.6. The molecule has 0 unspecified atom stereocenters. The molecule has 0 bridgehead atoms. The first kappa shape index (κ1) is 15.1. The van der Waals surface area contributed by atoms with Gasteiger partial charge in [-0.3, -0.25) is 4.79 Å². The molecule has 0 aliphatic carbocycles. The van der Waals surface area contributed by atoms with Gasteiger partial charge in [-0.1, -0.05) is 46.9 Å².